The molecule has 3 aromatic rings. The fourth-order valence-electron chi connectivity index (χ4n) is 1.79. The number of aromatic nitrogens is 2. The maximum Gasteiger partial charge on any atom is 0.417 e. The lowest BCUT2D eigenvalue weighted by atomic mass is 10.1. The van der Waals surface area contributed by atoms with Gasteiger partial charge in [0.15, 0.2) is 0 Å². The number of benzene rings is 1. The Kier molecular flexibility index (Phi) is 2.46. The Balaban J connectivity index is 2.50. The van der Waals surface area contributed by atoms with E-state index in [1.165, 1.54) is 12.4 Å². The first-order valence-corrected chi connectivity index (χ1v) is 6.07. The van der Waals surface area contributed by atoms with Gasteiger partial charge in [0.2, 0.25) is 0 Å². The van der Waals surface area contributed by atoms with Crippen molar-refractivity contribution >= 4 is 43.2 Å². The Bertz CT molecular complexity index is 751. The molecule has 0 N–H and O–H groups in total. The van der Waals surface area contributed by atoms with Crippen LogP contribution in [0.5, 0.6) is 0 Å². The van der Waals surface area contributed by atoms with Gasteiger partial charge in [-0.3, -0.25) is 0 Å². The van der Waals surface area contributed by atoms with E-state index in [0.29, 0.717) is 15.6 Å². The van der Waals surface area contributed by atoms with Crippen molar-refractivity contribution in [3.8, 4) is 0 Å². The van der Waals surface area contributed by atoms with Gasteiger partial charge in [-0.2, -0.15) is 13.2 Å². The summed E-state index contributed by atoms with van der Waals surface area (Å²) >= 11 is 6.84. The van der Waals surface area contributed by atoms with E-state index in [9.17, 15) is 13.2 Å². The Morgan fingerprint density at radius 1 is 1.11 bits per heavy atom. The molecule has 2 nitrogen and oxygen atoms in total. The lowest BCUT2D eigenvalue weighted by Gasteiger charge is -2.06. The zero-order valence-electron chi connectivity index (χ0n) is 8.62. The highest BCUT2D eigenvalue weighted by Gasteiger charge is 2.33. The third-order valence-corrected chi connectivity index (χ3v) is 4.17. The maximum atomic E-state index is 12.9. The molecule has 0 amide bonds. The monoisotopic (exact) mass is 288 g/mol. The molecule has 3 rings (SSSR count). The molecule has 0 aliphatic carbocycles. The van der Waals surface area contributed by atoms with Crippen LogP contribution in [-0.2, 0) is 6.18 Å². The van der Waals surface area contributed by atoms with Crippen LogP contribution in [-0.4, -0.2) is 9.97 Å². The summed E-state index contributed by atoms with van der Waals surface area (Å²) in [4.78, 5) is 7.78. The first-order chi connectivity index (χ1) is 8.48. The summed E-state index contributed by atoms with van der Waals surface area (Å²) in [5, 5.41) is 0.628. The van der Waals surface area contributed by atoms with Crippen molar-refractivity contribution in [2.75, 3.05) is 0 Å². The van der Waals surface area contributed by atoms with Crippen LogP contribution in [0.1, 0.15) is 5.56 Å². The third kappa shape index (κ3) is 1.64. The predicted octanol–water partition coefficient (Wildman–Crippen LogP) is 4.52. The van der Waals surface area contributed by atoms with E-state index in [4.69, 9.17) is 11.6 Å². The summed E-state index contributed by atoms with van der Waals surface area (Å²) in [6.45, 7) is 0. The summed E-state index contributed by atoms with van der Waals surface area (Å²) < 4.78 is 39.3. The number of nitrogens with zero attached hydrogens (tertiary/aromatic N) is 2. The van der Waals surface area contributed by atoms with Gasteiger partial charge in [0.1, 0.15) is 11.5 Å². The quantitative estimate of drug-likeness (QED) is 0.569. The Morgan fingerprint density at radius 3 is 2.61 bits per heavy atom. The van der Waals surface area contributed by atoms with E-state index in [-0.39, 0.29) is 9.85 Å². The second kappa shape index (κ2) is 3.80. The van der Waals surface area contributed by atoms with E-state index >= 15 is 0 Å². The van der Waals surface area contributed by atoms with Gasteiger partial charge in [-0.1, -0.05) is 23.7 Å². The molecule has 0 bridgehead atoms. The van der Waals surface area contributed by atoms with Crippen LogP contribution in [0.3, 0.4) is 0 Å². The highest BCUT2D eigenvalue weighted by molar-refractivity contribution is 7.26. The molecule has 2 aromatic heterocycles. The predicted molar refractivity (Wildman–Crippen MR) is 64.9 cm³/mol. The van der Waals surface area contributed by atoms with Gasteiger partial charge in [0.25, 0.3) is 0 Å². The first kappa shape index (κ1) is 11.7. The topological polar surface area (TPSA) is 25.8 Å². The van der Waals surface area contributed by atoms with Crippen molar-refractivity contribution in [2.24, 2.45) is 0 Å². The Hall–Kier alpha value is -1.40. The summed E-state index contributed by atoms with van der Waals surface area (Å²) in [6.07, 6.45) is -3.14. The molecular formula is C11H4ClF3N2S. The zero-order chi connectivity index (χ0) is 12.9. The minimum absolute atomic E-state index is 0.141. The molecule has 1 aromatic carbocycles. The molecule has 0 aliphatic heterocycles. The number of hydrogen-bond donors (Lipinski definition) is 0. The molecule has 18 heavy (non-hydrogen) atoms. The SMILES string of the molecule is FC(F)(F)c1cccc2c1sc1c(Cl)ncnc12. The number of halogens is 4. The smallest absolute Gasteiger partial charge is 0.235 e. The number of alkyl halides is 3. The number of thiophene rings is 1. The van der Waals surface area contributed by atoms with E-state index in [0.717, 1.165) is 17.4 Å². The maximum absolute atomic E-state index is 12.9. The van der Waals surface area contributed by atoms with Gasteiger partial charge in [-0.15, -0.1) is 11.3 Å². The highest BCUT2D eigenvalue weighted by atomic mass is 35.5. The van der Waals surface area contributed by atoms with Gasteiger partial charge >= 0.3 is 6.18 Å². The molecular weight excluding hydrogens is 285 g/mol. The van der Waals surface area contributed by atoms with Crippen molar-refractivity contribution in [3.63, 3.8) is 0 Å². The summed E-state index contributed by atoms with van der Waals surface area (Å²) in [5.74, 6) is 0. The molecule has 0 fully saturated rings. The van der Waals surface area contributed by atoms with Crippen LogP contribution < -0.4 is 0 Å². The second-order valence-corrected chi connectivity index (χ2v) is 5.00. The molecule has 0 saturated heterocycles. The molecule has 92 valence electrons. The Morgan fingerprint density at radius 2 is 1.89 bits per heavy atom. The molecule has 0 radical (unpaired) electrons. The number of fused-ring (bicyclic) bond motifs is 3. The van der Waals surface area contributed by atoms with Gasteiger partial charge in [0.05, 0.1) is 15.8 Å². The minimum atomic E-state index is -4.39. The fourth-order valence-corrected chi connectivity index (χ4v) is 3.21. The summed E-state index contributed by atoms with van der Waals surface area (Å²) in [5.41, 5.74) is -0.208. The average Bonchev–Trinajstić information content (AvgIpc) is 2.68. The highest BCUT2D eigenvalue weighted by Crippen LogP contribution is 2.42. The van der Waals surface area contributed by atoms with Crippen molar-refractivity contribution in [3.05, 3.63) is 35.2 Å². The van der Waals surface area contributed by atoms with Crippen LogP contribution >= 0.6 is 22.9 Å². The number of rotatable bonds is 0. The zero-order valence-corrected chi connectivity index (χ0v) is 10.2. The standard InChI is InChI=1S/C11H4ClF3N2S/c12-10-9-7(16-4-17-10)5-2-1-3-6(8(5)18-9)11(13,14)15/h1-4H. The normalized spacial score (nSPS) is 12.4. The van der Waals surface area contributed by atoms with Gasteiger partial charge < -0.3 is 0 Å². The fraction of sp³-hybridized carbons (Fsp3) is 0.0909. The molecule has 7 heteroatoms. The Labute approximate surface area is 108 Å². The van der Waals surface area contributed by atoms with Crippen LogP contribution in [0.25, 0.3) is 20.3 Å². The average molecular weight is 289 g/mol. The van der Waals surface area contributed by atoms with Crippen molar-refractivity contribution in [1.29, 1.82) is 0 Å². The van der Waals surface area contributed by atoms with Crippen molar-refractivity contribution in [1.82, 2.24) is 9.97 Å². The largest absolute Gasteiger partial charge is 0.417 e. The molecule has 0 saturated carbocycles. The molecule has 0 atom stereocenters. The van der Waals surface area contributed by atoms with E-state index < -0.39 is 11.7 Å². The third-order valence-electron chi connectivity index (χ3n) is 2.54. The van der Waals surface area contributed by atoms with E-state index in [1.54, 1.807) is 6.07 Å². The van der Waals surface area contributed by atoms with Gasteiger partial charge in [-0.25, -0.2) is 9.97 Å². The molecule has 0 spiro atoms. The number of hydrogen-bond acceptors (Lipinski definition) is 3. The first-order valence-electron chi connectivity index (χ1n) is 4.87. The van der Waals surface area contributed by atoms with Crippen LogP contribution in [0.15, 0.2) is 24.5 Å². The van der Waals surface area contributed by atoms with Crippen LogP contribution in [0, 0.1) is 0 Å². The van der Waals surface area contributed by atoms with E-state index in [1.807, 2.05) is 0 Å². The summed E-state index contributed by atoms with van der Waals surface area (Å²) in [7, 11) is 0. The van der Waals surface area contributed by atoms with Crippen molar-refractivity contribution in [2.45, 2.75) is 6.18 Å². The van der Waals surface area contributed by atoms with Crippen LogP contribution in [0.4, 0.5) is 13.2 Å². The minimum Gasteiger partial charge on any atom is -0.235 e. The lowest BCUT2D eigenvalue weighted by molar-refractivity contribution is -0.136. The molecule has 0 unspecified atom stereocenters. The second-order valence-electron chi connectivity index (χ2n) is 3.62. The van der Waals surface area contributed by atoms with Gasteiger partial charge in [-0.05, 0) is 6.07 Å². The van der Waals surface area contributed by atoms with E-state index in [2.05, 4.69) is 9.97 Å². The van der Waals surface area contributed by atoms with Gasteiger partial charge in [0, 0.05) is 10.1 Å². The molecule has 0 aliphatic rings. The van der Waals surface area contributed by atoms with Crippen LogP contribution in [0.2, 0.25) is 5.15 Å². The van der Waals surface area contributed by atoms with Crippen molar-refractivity contribution < 1.29 is 13.2 Å². The molecule has 2 heterocycles. The lowest BCUT2D eigenvalue weighted by Crippen LogP contribution is -2.04. The summed E-state index contributed by atoms with van der Waals surface area (Å²) in [6, 6.07) is 4.03.